The predicted octanol–water partition coefficient (Wildman–Crippen LogP) is 2.02. The SMILES string of the molecule is NC(=O)[C@H]1CCCN1c1ncnc2sc3c(c12)CCCC3. The highest BCUT2D eigenvalue weighted by molar-refractivity contribution is 7.19. The van der Waals surface area contributed by atoms with Gasteiger partial charge < -0.3 is 10.6 Å². The molecule has 0 aromatic carbocycles. The van der Waals surface area contributed by atoms with Crippen molar-refractivity contribution in [3.63, 3.8) is 0 Å². The number of thiophene rings is 1. The molecule has 0 saturated carbocycles. The van der Waals surface area contributed by atoms with E-state index in [0.717, 1.165) is 42.9 Å². The lowest BCUT2D eigenvalue weighted by Crippen LogP contribution is -2.40. The second-order valence-electron chi connectivity index (χ2n) is 5.84. The van der Waals surface area contributed by atoms with E-state index in [4.69, 9.17) is 5.73 Å². The third kappa shape index (κ3) is 2.00. The van der Waals surface area contributed by atoms with Crippen molar-refractivity contribution in [1.82, 2.24) is 9.97 Å². The molecule has 0 unspecified atom stereocenters. The summed E-state index contributed by atoms with van der Waals surface area (Å²) in [5.74, 6) is 0.670. The molecule has 2 aromatic rings. The van der Waals surface area contributed by atoms with Crippen LogP contribution in [0.1, 0.15) is 36.1 Å². The molecule has 1 fully saturated rings. The number of nitrogens with two attached hydrogens (primary N) is 1. The molecule has 0 bridgehead atoms. The zero-order valence-corrected chi connectivity index (χ0v) is 12.7. The van der Waals surface area contributed by atoms with E-state index in [1.54, 1.807) is 17.7 Å². The van der Waals surface area contributed by atoms with Gasteiger partial charge in [-0.2, -0.15) is 0 Å². The molecule has 110 valence electrons. The van der Waals surface area contributed by atoms with E-state index in [0.29, 0.717) is 0 Å². The van der Waals surface area contributed by atoms with E-state index < -0.39 is 0 Å². The summed E-state index contributed by atoms with van der Waals surface area (Å²) in [6.07, 6.45) is 8.18. The third-order valence-corrected chi connectivity index (χ3v) is 5.78. The maximum Gasteiger partial charge on any atom is 0.240 e. The number of aryl methyl sites for hydroxylation is 2. The molecule has 2 N–H and O–H groups in total. The fourth-order valence-electron chi connectivity index (χ4n) is 3.61. The van der Waals surface area contributed by atoms with Gasteiger partial charge in [0.15, 0.2) is 0 Å². The van der Waals surface area contributed by atoms with E-state index in [9.17, 15) is 4.79 Å². The number of hydrogen-bond donors (Lipinski definition) is 1. The highest BCUT2D eigenvalue weighted by Crippen LogP contribution is 2.40. The van der Waals surface area contributed by atoms with Crippen LogP contribution in [0.15, 0.2) is 6.33 Å². The lowest BCUT2D eigenvalue weighted by atomic mass is 9.97. The van der Waals surface area contributed by atoms with Crippen LogP contribution in [0, 0.1) is 0 Å². The first-order chi connectivity index (χ1) is 10.3. The zero-order chi connectivity index (χ0) is 14.4. The summed E-state index contributed by atoms with van der Waals surface area (Å²) >= 11 is 1.79. The van der Waals surface area contributed by atoms with E-state index >= 15 is 0 Å². The Labute approximate surface area is 127 Å². The maximum atomic E-state index is 11.7. The molecular formula is C15H18N4OS. The number of amides is 1. The first-order valence-electron chi connectivity index (χ1n) is 7.57. The van der Waals surface area contributed by atoms with Crippen LogP contribution in [0.25, 0.3) is 10.2 Å². The lowest BCUT2D eigenvalue weighted by molar-refractivity contribution is -0.119. The van der Waals surface area contributed by atoms with Gasteiger partial charge in [0.2, 0.25) is 5.91 Å². The Bertz CT molecular complexity index is 711. The van der Waals surface area contributed by atoms with Crippen molar-refractivity contribution in [3.05, 3.63) is 16.8 Å². The summed E-state index contributed by atoms with van der Waals surface area (Å²) in [4.78, 5) is 25.3. The van der Waals surface area contributed by atoms with Gasteiger partial charge in [-0.25, -0.2) is 9.97 Å². The summed E-state index contributed by atoms with van der Waals surface area (Å²) in [6.45, 7) is 0.852. The van der Waals surface area contributed by atoms with Gasteiger partial charge in [-0.05, 0) is 44.1 Å². The molecule has 2 aliphatic rings. The Morgan fingerprint density at radius 1 is 1.29 bits per heavy atom. The summed E-state index contributed by atoms with van der Waals surface area (Å²) in [5.41, 5.74) is 6.97. The van der Waals surface area contributed by atoms with Gasteiger partial charge >= 0.3 is 0 Å². The number of aromatic nitrogens is 2. The Balaban J connectivity index is 1.88. The summed E-state index contributed by atoms with van der Waals surface area (Å²) in [6, 6.07) is -0.220. The Kier molecular flexibility index (Phi) is 3.06. The van der Waals surface area contributed by atoms with Gasteiger partial charge in [0.05, 0.1) is 5.39 Å². The molecule has 4 rings (SSSR count). The minimum Gasteiger partial charge on any atom is -0.368 e. The molecule has 3 heterocycles. The van der Waals surface area contributed by atoms with Crippen molar-refractivity contribution in [2.75, 3.05) is 11.4 Å². The number of hydrogen-bond acceptors (Lipinski definition) is 5. The van der Waals surface area contributed by atoms with Crippen LogP contribution in [0.3, 0.4) is 0 Å². The monoisotopic (exact) mass is 302 g/mol. The molecule has 6 heteroatoms. The molecule has 1 amide bonds. The second-order valence-corrected chi connectivity index (χ2v) is 6.93. The van der Waals surface area contributed by atoms with E-state index in [-0.39, 0.29) is 11.9 Å². The minimum absolute atomic E-state index is 0.220. The van der Waals surface area contributed by atoms with Gasteiger partial charge in [-0.15, -0.1) is 11.3 Å². The van der Waals surface area contributed by atoms with Crippen LogP contribution in [0.4, 0.5) is 5.82 Å². The van der Waals surface area contributed by atoms with Crippen molar-refractivity contribution in [3.8, 4) is 0 Å². The third-order valence-electron chi connectivity index (χ3n) is 4.58. The standard InChI is InChI=1S/C15H18N4OS/c16-13(20)10-5-3-7-19(10)14-12-9-4-1-2-6-11(9)21-15(12)18-8-17-14/h8,10H,1-7H2,(H2,16,20)/t10-/m1/s1. The van der Waals surface area contributed by atoms with Crippen molar-refractivity contribution < 1.29 is 4.79 Å². The predicted molar refractivity (Wildman–Crippen MR) is 83.6 cm³/mol. The van der Waals surface area contributed by atoms with Crippen LogP contribution in [-0.4, -0.2) is 28.5 Å². The van der Waals surface area contributed by atoms with Gasteiger partial charge in [0, 0.05) is 11.4 Å². The first kappa shape index (κ1) is 13.0. The molecule has 1 atom stereocenters. The van der Waals surface area contributed by atoms with Gasteiger partial charge in [-0.1, -0.05) is 0 Å². The van der Waals surface area contributed by atoms with E-state index in [1.165, 1.54) is 28.7 Å². The van der Waals surface area contributed by atoms with Crippen LogP contribution >= 0.6 is 11.3 Å². The van der Waals surface area contributed by atoms with E-state index in [2.05, 4.69) is 14.9 Å². The van der Waals surface area contributed by atoms with Crippen molar-refractivity contribution in [1.29, 1.82) is 0 Å². The molecular weight excluding hydrogens is 284 g/mol. The number of primary amides is 1. The van der Waals surface area contributed by atoms with Gasteiger partial charge in [-0.3, -0.25) is 4.79 Å². The van der Waals surface area contributed by atoms with Crippen LogP contribution in [-0.2, 0) is 17.6 Å². The fourth-order valence-corrected chi connectivity index (χ4v) is 4.83. The van der Waals surface area contributed by atoms with Crippen LogP contribution < -0.4 is 10.6 Å². The van der Waals surface area contributed by atoms with E-state index in [1.807, 2.05) is 0 Å². The highest BCUT2D eigenvalue weighted by atomic mass is 32.1. The zero-order valence-electron chi connectivity index (χ0n) is 11.8. The van der Waals surface area contributed by atoms with Crippen molar-refractivity contribution in [2.24, 2.45) is 5.73 Å². The van der Waals surface area contributed by atoms with Crippen LogP contribution in [0.5, 0.6) is 0 Å². The average molecular weight is 302 g/mol. The Hall–Kier alpha value is -1.69. The first-order valence-corrected chi connectivity index (χ1v) is 8.38. The number of carbonyl (C=O) groups is 1. The number of rotatable bonds is 2. The smallest absolute Gasteiger partial charge is 0.240 e. The molecule has 1 aliphatic carbocycles. The Morgan fingerprint density at radius 3 is 3.00 bits per heavy atom. The fraction of sp³-hybridized carbons (Fsp3) is 0.533. The molecule has 5 nitrogen and oxygen atoms in total. The van der Waals surface area contributed by atoms with Crippen LogP contribution in [0.2, 0.25) is 0 Å². The minimum atomic E-state index is -0.247. The number of carbonyl (C=O) groups excluding carboxylic acids is 1. The van der Waals surface area contributed by atoms with Crippen molar-refractivity contribution in [2.45, 2.75) is 44.6 Å². The highest BCUT2D eigenvalue weighted by Gasteiger charge is 2.32. The normalized spacial score (nSPS) is 21.7. The number of nitrogens with zero attached hydrogens (tertiary/aromatic N) is 3. The second kappa shape index (κ2) is 4.94. The molecule has 0 radical (unpaired) electrons. The van der Waals surface area contributed by atoms with Gasteiger partial charge in [0.25, 0.3) is 0 Å². The molecule has 2 aromatic heterocycles. The molecule has 21 heavy (non-hydrogen) atoms. The quantitative estimate of drug-likeness (QED) is 0.921. The maximum absolute atomic E-state index is 11.7. The summed E-state index contributed by atoms with van der Waals surface area (Å²) in [5, 5.41) is 1.17. The topological polar surface area (TPSA) is 72.1 Å². The lowest BCUT2D eigenvalue weighted by Gasteiger charge is -2.24. The molecule has 1 saturated heterocycles. The summed E-state index contributed by atoms with van der Waals surface area (Å²) in [7, 11) is 0. The largest absolute Gasteiger partial charge is 0.368 e. The summed E-state index contributed by atoms with van der Waals surface area (Å²) < 4.78 is 0. The average Bonchev–Trinajstić information content (AvgIpc) is 3.11. The number of anilines is 1. The molecule has 0 spiro atoms. The number of fused-ring (bicyclic) bond motifs is 3. The Morgan fingerprint density at radius 2 is 2.14 bits per heavy atom. The van der Waals surface area contributed by atoms with Crippen molar-refractivity contribution >= 4 is 33.3 Å². The molecule has 1 aliphatic heterocycles. The van der Waals surface area contributed by atoms with Gasteiger partial charge in [0.1, 0.15) is 23.0 Å².